The van der Waals surface area contributed by atoms with Crippen LogP contribution in [0.3, 0.4) is 0 Å². The van der Waals surface area contributed by atoms with Crippen molar-refractivity contribution in [3.63, 3.8) is 0 Å². The second kappa shape index (κ2) is 8.19. The van der Waals surface area contributed by atoms with Gasteiger partial charge in [0.15, 0.2) is 0 Å². The van der Waals surface area contributed by atoms with Gasteiger partial charge in [0.05, 0.1) is 26.1 Å². The SMILES string of the molecule is CCOC(=O)CC(CC(=O)OCC)c1ccc(N)cc1. The first-order chi connectivity index (χ1) is 9.56. The van der Waals surface area contributed by atoms with Gasteiger partial charge in [-0.25, -0.2) is 0 Å². The number of rotatable bonds is 7. The van der Waals surface area contributed by atoms with Gasteiger partial charge >= 0.3 is 11.9 Å². The van der Waals surface area contributed by atoms with E-state index in [0.29, 0.717) is 18.9 Å². The number of benzene rings is 1. The van der Waals surface area contributed by atoms with Crippen LogP contribution >= 0.6 is 0 Å². The maximum Gasteiger partial charge on any atom is 0.306 e. The first-order valence-electron chi connectivity index (χ1n) is 6.73. The lowest BCUT2D eigenvalue weighted by molar-refractivity contribution is -0.145. The molecule has 20 heavy (non-hydrogen) atoms. The second-order valence-electron chi connectivity index (χ2n) is 4.38. The van der Waals surface area contributed by atoms with Crippen LogP contribution in [0.15, 0.2) is 24.3 Å². The highest BCUT2D eigenvalue weighted by molar-refractivity contribution is 5.74. The van der Waals surface area contributed by atoms with Crippen LogP contribution in [0.5, 0.6) is 0 Å². The lowest BCUT2D eigenvalue weighted by Gasteiger charge is -2.16. The number of nitrogens with two attached hydrogens (primary N) is 1. The topological polar surface area (TPSA) is 78.6 Å². The Bertz CT molecular complexity index is 422. The minimum Gasteiger partial charge on any atom is -0.466 e. The van der Waals surface area contributed by atoms with Gasteiger partial charge in [0, 0.05) is 11.6 Å². The number of carbonyl (C=O) groups excluding carboxylic acids is 2. The van der Waals surface area contributed by atoms with Crippen molar-refractivity contribution in [2.75, 3.05) is 18.9 Å². The molecule has 0 saturated heterocycles. The average molecular weight is 279 g/mol. The summed E-state index contributed by atoms with van der Waals surface area (Å²) in [5.74, 6) is -0.897. The third-order valence-corrected chi connectivity index (χ3v) is 2.84. The van der Waals surface area contributed by atoms with Gasteiger partial charge in [-0.3, -0.25) is 9.59 Å². The quantitative estimate of drug-likeness (QED) is 0.612. The molecule has 0 fully saturated rings. The molecule has 0 aromatic heterocycles. The molecule has 5 nitrogen and oxygen atoms in total. The number of esters is 2. The summed E-state index contributed by atoms with van der Waals surface area (Å²) in [6.45, 7) is 4.16. The van der Waals surface area contributed by atoms with E-state index >= 15 is 0 Å². The van der Waals surface area contributed by atoms with E-state index in [2.05, 4.69) is 0 Å². The van der Waals surface area contributed by atoms with Crippen molar-refractivity contribution >= 4 is 17.6 Å². The largest absolute Gasteiger partial charge is 0.466 e. The van der Waals surface area contributed by atoms with Crippen molar-refractivity contribution < 1.29 is 19.1 Å². The average Bonchev–Trinajstić information content (AvgIpc) is 2.39. The Morgan fingerprint density at radius 3 is 1.85 bits per heavy atom. The standard InChI is InChI=1S/C15H21NO4/c1-3-19-14(17)9-12(10-15(18)20-4-2)11-5-7-13(16)8-6-11/h5-8,12H,3-4,9-10,16H2,1-2H3. The number of nitrogen functional groups attached to an aromatic ring is 1. The molecule has 1 aromatic carbocycles. The highest BCUT2D eigenvalue weighted by Gasteiger charge is 2.21. The van der Waals surface area contributed by atoms with Gasteiger partial charge in [-0.05, 0) is 31.5 Å². The maximum atomic E-state index is 11.6. The van der Waals surface area contributed by atoms with Gasteiger partial charge in [0.1, 0.15) is 0 Å². The van der Waals surface area contributed by atoms with Gasteiger partial charge < -0.3 is 15.2 Å². The van der Waals surface area contributed by atoms with Crippen molar-refractivity contribution in [3.05, 3.63) is 29.8 Å². The normalized spacial score (nSPS) is 10.3. The number of anilines is 1. The monoisotopic (exact) mass is 279 g/mol. The van der Waals surface area contributed by atoms with Crippen LogP contribution < -0.4 is 5.73 Å². The molecule has 0 saturated carbocycles. The first kappa shape index (κ1) is 16.0. The summed E-state index contributed by atoms with van der Waals surface area (Å²) in [5.41, 5.74) is 7.16. The van der Waals surface area contributed by atoms with Crippen LogP contribution in [0.1, 0.15) is 38.2 Å². The Kier molecular flexibility index (Phi) is 6.56. The zero-order chi connectivity index (χ0) is 15.0. The molecule has 110 valence electrons. The third kappa shape index (κ3) is 5.30. The fraction of sp³-hybridized carbons (Fsp3) is 0.467. The summed E-state index contributed by atoms with van der Waals surface area (Å²) in [6.07, 6.45) is 0.299. The highest BCUT2D eigenvalue weighted by Crippen LogP contribution is 2.25. The van der Waals surface area contributed by atoms with Crippen LogP contribution in [-0.4, -0.2) is 25.2 Å². The minimum atomic E-state index is -0.321. The summed E-state index contributed by atoms with van der Waals surface area (Å²) in [6, 6.07) is 7.13. The molecule has 2 N–H and O–H groups in total. The smallest absolute Gasteiger partial charge is 0.306 e. The number of ether oxygens (including phenoxy) is 2. The summed E-state index contributed by atoms with van der Waals surface area (Å²) >= 11 is 0. The van der Waals surface area contributed by atoms with E-state index in [0.717, 1.165) is 5.56 Å². The number of carbonyl (C=O) groups is 2. The van der Waals surface area contributed by atoms with Gasteiger partial charge in [-0.15, -0.1) is 0 Å². The number of hydrogen-bond acceptors (Lipinski definition) is 5. The van der Waals surface area contributed by atoms with Gasteiger partial charge in [0.25, 0.3) is 0 Å². The Balaban J connectivity index is 2.80. The number of hydrogen-bond donors (Lipinski definition) is 1. The highest BCUT2D eigenvalue weighted by atomic mass is 16.5. The Hall–Kier alpha value is -2.04. The zero-order valence-electron chi connectivity index (χ0n) is 11.9. The summed E-state index contributed by atoms with van der Waals surface area (Å²) < 4.78 is 9.89. The fourth-order valence-corrected chi connectivity index (χ4v) is 1.92. The molecule has 0 amide bonds. The van der Waals surface area contributed by atoms with Gasteiger partial charge in [0.2, 0.25) is 0 Å². The second-order valence-corrected chi connectivity index (χ2v) is 4.38. The van der Waals surface area contributed by atoms with Gasteiger partial charge in [-0.1, -0.05) is 12.1 Å². The molecule has 5 heteroatoms. The van der Waals surface area contributed by atoms with Crippen molar-refractivity contribution in [2.45, 2.75) is 32.6 Å². The van der Waals surface area contributed by atoms with Crippen LogP contribution in [0.4, 0.5) is 5.69 Å². The molecule has 0 radical (unpaired) electrons. The maximum absolute atomic E-state index is 11.6. The Labute approximate surface area is 119 Å². The predicted octanol–water partition coefficient (Wildman–Crippen LogP) is 2.26. The molecule has 0 aliphatic heterocycles. The van der Waals surface area contributed by atoms with Crippen molar-refractivity contribution in [2.24, 2.45) is 0 Å². The summed E-state index contributed by atoms with van der Waals surface area (Å²) in [7, 11) is 0. The molecule has 0 aliphatic carbocycles. The minimum absolute atomic E-state index is 0.149. The first-order valence-corrected chi connectivity index (χ1v) is 6.73. The Morgan fingerprint density at radius 1 is 1.00 bits per heavy atom. The van der Waals surface area contributed by atoms with E-state index < -0.39 is 0 Å². The predicted molar refractivity (Wildman–Crippen MR) is 76.1 cm³/mol. The molecule has 0 spiro atoms. The third-order valence-electron chi connectivity index (χ3n) is 2.84. The lowest BCUT2D eigenvalue weighted by atomic mass is 9.92. The molecule has 0 unspecified atom stereocenters. The van der Waals surface area contributed by atoms with E-state index in [-0.39, 0.29) is 30.7 Å². The van der Waals surface area contributed by atoms with E-state index in [1.54, 1.807) is 26.0 Å². The van der Waals surface area contributed by atoms with E-state index in [1.165, 1.54) is 0 Å². The molecule has 0 bridgehead atoms. The van der Waals surface area contributed by atoms with E-state index in [4.69, 9.17) is 15.2 Å². The van der Waals surface area contributed by atoms with E-state index in [1.807, 2.05) is 12.1 Å². The van der Waals surface area contributed by atoms with Crippen molar-refractivity contribution in [3.8, 4) is 0 Å². The molecular formula is C15H21NO4. The Morgan fingerprint density at radius 2 is 1.45 bits per heavy atom. The summed E-state index contributed by atoms with van der Waals surface area (Å²) in [5, 5.41) is 0. The molecular weight excluding hydrogens is 258 g/mol. The molecule has 1 rings (SSSR count). The van der Waals surface area contributed by atoms with Gasteiger partial charge in [-0.2, -0.15) is 0 Å². The van der Waals surface area contributed by atoms with Crippen LogP contribution in [0.25, 0.3) is 0 Å². The van der Waals surface area contributed by atoms with Crippen LogP contribution in [-0.2, 0) is 19.1 Å². The van der Waals surface area contributed by atoms with Crippen molar-refractivity contribution in [1.82, 2.24) is 0 Å². The van der Waals surface area contributed by atoms with E-state index in [9.17, 15) is 9.59 Å². The lowest BCUT2D eigenvalue weighted by Crippen LogP contribution is -2.15. The molecule has 0 atom stereocenters. The van der Waals surface area contributed by atoms with Crippen LogP contribution in [0, 0.1) is 0 Å². The molecule has 1 aromatic rings. The zero-order valence-corrected chi connectivity index (χ0v) is 11.9. The van der Waals surface area contributed by atoms with Crippen molar-refractivity contribution in [1.29, 1.82) is 0 Å². The molecule has 0 heterocycles. The fourth-order valence-electron chi connectivity index (χ4n) is 1.92. The van der Waals surface area contributed by atoms with Crippen LogP contribution in [0.2, 0.25) is 0 Å². The molecule has 0 aliphatic rings. The summed E-state index contributed by atoms with van der Waals surface area (Å²) in [4.78, 5) is 23.3.